The number of carbonyl (C=O) groups excluding carboxylic acids is 2. The van der Waals surface area contributed by atoms with Crippen LogP contribution in [0.5, 0.6) is 5.75 Å². The minimum atomic E-state index is -0.513. The molecular formula is C31H31NO4. The van der Waals surface area contributed by atoms with E-state index in [-0.39, 0.29) is 13.2 Å². The number of allylic oxidation sites excluding steroid dienone is 2. The second kappa shape index (κ2) is 11.1. The second-order valence-corrected chi connectivity index (χ2v) is 8.72. The van der Waals surface area contributed by atoms with Gasteiger partial charge in [-0.15, -0.1) is 0 Å². The highest BCUT2D eigenvalue weighted by Crippen LogP contribution is 2.48. The number of aryl methyl sites for hydroxylation is 1. The molecule has 0 heterocycles. The molecule has 0 saturated heterocycles. The van der Waals surface area contributed by atoms with Gasteiger partial charge in [-0.1, -0.05) is 73.7 Å². The summed E-state index contributed by atoms with van der Waals surface area (Å²) in [5.74, 6) is -0.486. The fourth-order valence-corrected chi connectivity index (χ4v) is 4.74. The summed E-state index contributed by atoms with van der Waals surface area (Å²) in [6.07, 6.45) is 3.55. The van der Waals surface area contributed by atoms with Gasteiger partial charge in [0.1, 0.15) is 5.75 Å². The van der Waals surface area contributed by atoms with E-state index < -0.39 is 11.9 Å². The number of rotatable bonds is 9. The minimum Gasteiger partial charge on any atom is -0.481 e. The number of hydrogen-bond acceptors (Lipinski definition) is 4. The Morgan fingerprint density at radius 1 is 0.944 bits per heavy atom. The molecule has 0 unspecified atom stereocenters. The van der Waals surface area contributed by atoms with E-state index in [4.69, 9.17) is 15.2 Å². The van der Waals surface area contributed by atoms with Crippen LogP contribution in [0.1, 0.15) is 53.6 Å². The summed E-state index contributed by atoms with van der Waals surface area (Å²) in [5, 5.41) is 0. The standard InChI is InChI=1S/C31H31NO4/c1-4-24-26(18-23-14-10-9-13-22(23)17-21-11-7-6-8-12-21)25-16-15-20(3)30(28(25)29(24)31(32)34)36-19-27(33)35-5-2/h6-16,18H,4-5,17,19H2,1-3H3,(H2,32,34). The number of carbonyl (C=O) groups is 2. The number of hydrogen-bond donors (Lipinski definition) is 1. The molecule has 4 rings (SSSR count). The zero-order chi connectivity index (χ0) is 25.7. The summed E-state index contributed by atoms with van der Waals surface area (Å²) >= 11 is 0. The van der Waals surface area contributed by atoms with Crippen LogP contribution in [0, 0.1) is 6.92 Å². The average molecular weight is 482 g/mol. The van der Waals surface area contributed by atoms with Gasteiger partial charge in [-0.25, -0.2) is 4.79 Å². The van der Waals surface area contributed by atoms with Crippen LogP contribution in [0.15, 0.2) is 72.3 Å². The van der Waals surface area contributed by atoms with Crippen molar-refractivity contribution in [3.63, 3.8) is 0 Å². The number of nitrogens with two attached hydrogens (primary N) is 1. The molecule has 2 N–H and O–H groups in total. The molecule has 0 fully saturated rings. The van der Waals surface area contributed by atoms with Gasteiger partial charge in [-0.2, -0.15) is 0 Å². The maximum Gasteiger partial charge on any atom is 0.344 e. The molecule has 0 aromatic heterocycles. The van der Waals surface area contributed by atoms with E-state index >= 15 is 0 Å². The van der Waals surface area contributed by atoms with Crippen molar-refractivity contribution in [1.82, 2.24) is 0 Å². The maximum atomic E-state index is 12.7. The van der Waals surface area contributed by atoms with E-state index in [1.807, 2.05) is 56.3 Å². The summed E-state index contributed by atoms with van der Waals surface area (Å²) < 4.78 is 10.9. The number of esters is 1. The van der Waals surface area contributed by atoms with Crippen LogP contribution in [0.4, 0.5) is 0 Å². The van der Waals surface area contributed by atoms with E-state index in [1.165, 1.54) is 11.1 Å². The Morgan fingerprint density at radius 2 is 1.67 bits per heavy atom. The molecule has 36 heavy (non-hydrogen) atoms. The van der Waals surface area contributed by atoms with Crippen molar-refractivity contribution in [1.29, 1.82) is 0 Å². The van der Waals surface area contributed by atoms with Gasteiger partial charge in [0, 0.05) is 5.56 Å². The molecule has 5 nitrogen and oxygen atoms in total. The van der Waals surface area contributed by atoms with Gasteiger partial charge in [0.25, 0.3) is 0 Å². The van der Waals surface area contributed by atoms with E-state index in [1.54, 1.807) is 6.92 Å². The third-order valence-corrected chi connectivity index (χ3v) is 6.35. The van der Waals surface area contributed by atoms with Gasteiger partial charge in [0.15, 0.2) is 6.61 Å². The van der Waals surface area contributed by atoms with E-state index in [0.717, 1.165) is 34.3 Å². The number of ether oxygens (including phenoxy) is 2. The largest absolute Gasteiger partial charge is 0.481 e. The van der Waals surface area contributed by atoms with Gasteiger partial charge in [-0.05, 0) is 71.7 Å². The van der Waals surface area contributed by atoms with Crippen molar-refractivity contribution < 1.29 is 19.1 Å². The molecular weight excluding hydrogens is 450 g/mol. The predicted molar refractivity (Wildman–Crippen MR) is 143 cm³/mol. The topological polar surface area (TPSA) is 78.6 Å². The van der Waals surface area contributed by atoms with Crippen molar-refractivity contribution in [2.45, 2.75) is 33.6 Å². The molecule has 184 valence electrons. The Balaban J connectivity index is 1.84. The molecule has 0 radical (unpaired) electrons. The Morgan fingerprint density at radius 3 is 2.36 bits per heavy atom. The van der Waals surface area contributed by atoms with Gasteiger partial charge in [0.2, 0.25) is 5.91 Å². The number of amides is 1. The second-order valence-electron chi connectivity index (χ2n) is 8.72. The van der Waals surface area contributed by atoms with E-state index in [2.05, 4.69) is 30.3 Å². The van der Waals surface area contributed by atoms with Crippen LogP contribution in [-0.2, 0) is 20.7 Å². The van der Waals surface area contributed by atoms with Crippen molar-refractivity contribution >= 4 is 29.1 Å². The first-order chi connectivity index (χ1) is 17.4. The quantitative estimate of drug-likeness (QED) is 0.396. The van der Waals surface area contributed by atoms with Crippen LogP contribution in [0.25, 0.3) is 17.2 Å². The smallest absolute Gasteiger partial charge is 0.344 e. The SMILES string of the molecule is CCOC(=O)COc1c(C)ccc2c1C(C(N)=O)=C(CC)C2=Cc1ccccc1Cc1ccccc1. The lowest BCUT2D eigenvalue weighted by Crippen LogP contribution is -2.17. The first kappa shape index (κ1) is 25.0. The molecule has 5 heteroatoms. The normalized spacial score (nSPS) is 13.6. The third kappa shape index (κ3) is 5.10. The molecule has 0 spiro atoms. The highest BCUT2D eigenvalue weighted by molar-refractivity contribution is 6.28. The molecule has 1 aliphatic carbocycles. The van der Waals surface area contributed by atoms with E-state index in [9.17, 15) is 9.59 Å². The van der Waals surface area contributed by atoms with E-state index in [0.29, 0.717) is 23.3 Å². The van der Waals surface area contributed by atoms with Gasteiger partial charge in [-0.3, -0.25) is 4.79 Å². The summed E-state index contributed by atoms with van der Waals surface area (Å²) in [6, 6.07) is 22.6. The summed E-state index contributed by atoms with van der Waals surface area (Å²) in [5.41, 5.74) is 14.0. The summed E-state index contributed by atoms with van der Waals surface area (Å²) in [4.78, 5) is 24.7. The first-order valence-electron chi connectivity index (χ1n) is 12.2. The van der Waals surface area contributed by atoms with Gasteiger partial charge < -0.3 is 15.2 Å². The molecule has 1 aliphatic rings. The number of benzene rings is 3. The maximum absolute atomic E-state index is 12.7. The molecule has 0 aliphatic heterocycles. The van der Waals surface area contributed by atoms with Crippen LogP contribution in [0.3, 0.4) is 0 Å². The highest BCUT2D eigenvalue weighted by Gasteiger charge is 2.32. The summed E-state index contributed by atoms with van der Waals surface area (Å²) in [7, 11) is 0. The number of fused-ring (bicyclic) bond motifs is 1. The molecule has 3 aromatic rings. The van der Waals surface area contributed by atoms with Crippen molar-refractivity contribution in [3.05, 3.63) is 106 Å². The zero-order valence-electron chi connectivity index (χ0n) is 21.0. The zero-order valence-corrected chi connectivity index (χ0v) is 21.0. The van der Waals surface area contributed by atoms with Gasteiger partial charge in [0.05, 0.1) is 12.2 Å². The Labute approximate surface area is 212 Å². The van der Waals surface area contributed by atoms with Crippen molar-refractivity contribution in [2.75, 3.05) is 13.2 Å². The van der Waals surface area contributed by atoms with Crippen LogP contribution in [-0.4, -0.2) is 25.1 Å². The van der Waals surface area contributed by atoms with Crippen LogP contribution in [0.2, 0.25) is 0 Å². The van der Waals surface area contributed by atoms with Crippen molar-refractivity contribution in [2.24, 2.45) is 5.73 Å². The molecule has 0 bridgehead atoms. The third-order valence-electron chi connectivity index (χ3n) is 6.35. The lowest BCUT2D eigenvalue weighted by molar-refractivity contribution is -0.145. The highest BCUT2D eigenvalue weighted by atomic mass is 16.6. The fraction of sp³-hybridized carbons (Fsp3) is 0.226. The number of primary amides is 1. The summed E-state index contributed by atoms with van der Waals surface area (Å²) in [6.45, 7) is 5.69. The first-order valence-corrected chi connectivity index (χ1v) is 12.2. The van der Waals surface area contributed by atoms with Crippen LogP contribution < -0.4 is 10.5 Å². The molecule has 3 aromatic carbocycles. The Hall–Kier alpha value is -4.12. The minimum absolute atomic E-state index is 0.239. The monoisotopic (exact) mass is 481 g/mol. The van der Waals surface area contributed by atoms with Crippen molar-refractivity contribution in [3.8, 4) is 5.75 Å². The molecule has 0 atom stereocenters. The average Bonchev–Trinajstić information content (AvgIpc) is 3.19. The Kier molecular flexibility index (Phi) is 7.69. The van der Waals surface area contributed by atoms with Gasteiger partial charge >= 0.3 is 5.97 Å². The molecule has 0 saturated carbocycles. The lowest BCUT2D eigenvalue weighted by atomic mass is 9.94. The predicted octanol–water partition coefficient (Wildman–Crippen LogP) is 5.73. The lowest BCUT2D eigenvalue weighted by Gasteiger charge is -2.15. The fourth-order valence-electron chi connectivity index (χ4n) is 4.74. The Bertz CT molecular complexity index is 1350. The van der Waals surface area contributed by atoms with Crippen LogP contribution >= 0.6 is 0 Å². The molecule has 1 amide bonds.